The van der Waals surface area contributed by atoms with Gasteiger partial charge < -0.3 is 14.6 Å². The molecule has 2 aromatic heterocycles. The van der Waals surface area contributed by atoms with Crippen molar-refractivity contribution >= 4 is 0 Å². The molecule has 5 nitrogen and oxygen atoms in total. The number of rotatable bonds is 6. The van der Waals surface area contributed by atoms with Gasteiger partial charge in [-0.25, -0.2) is 4.98 Å². The SMILES string of the molecule is CCn1ccnc1[C@@H]1OCC[C@H]1CNC(C)c1ccccn1. The van der Waals surface area contributed by atoms with E-state index in [0.29, 0.717) is 5.92 Å². The van der Waals surface area contributed by atoms with Gasteiger partial charge in [0.25, 0.3) is 0 Å². The first kappa shape index (κ1) is 15.2. The molecule has 1 fully saturated rings. The van der Waals surface area contributed by atoms with Gasteiger partial charge in [-0.05, 0) is 32.4 Å². The standard InChI is InChI=1S/C17H24N4O/c1-3-21-10-9-19-17(21)16-14(7-11-22-16)12-20-13(2)15-6-4-5-8-18-15/h4-6,8-10,13-14,16,20H,3,7,11-12H2,1-2H3/t13?,14-,16+/m0/s1. The average molecular weight is 300 g/mol. The second kappa shape index (κ2) is 7.03. The molecule has 0 aromatic carbocycles. The predicted octanol–water partition coefficient (Wildman–Crippen LogP) is 2.73. The molecule has 1 aliphatic heterocycles. The van der Waals surface area contributed by atoms with Gasteiger partial charge in [0.15, 0.2) is 0 Å². The zero-order valence-corrected chi connectivity index (χ0v) is 13.3. The second-order valence-corrected chi connectivity index (χ2v) is 5.80. The summed E-state index contributed by atoms with van der Waals surface area (Å²) >= 11 is 0. The molecule has 0 spiro atoms. The van der Waals surface area contributed by atoms with Crippen molar-refractivity contribution in [2.24, 2.45) is 5.92 Å². The van der Waals surface area contributed by atoms with Crippen molar-refractivity contribution < 1.29 is 4.74 Å². The third kappa shape index (κ3) is 3.20. The fourth-order valence-electron chi connectivity index (χ4n) is 3.04. The molecule has 0 aliphatic carbocycles. The highest BCUT2D eigenvalue weighted by Gasteiger charge is 2.32. The Morgan fingerprint density at radius 2 is 2.27 bits per heavy atom. The van der Waals surface area contributed by atoms with E-state index in [1.807, 2.05) is 30.7 Å². The Morgan fingerprint density at radius 3 is 3.05 bits per heavy atom. The van der Waals surface area contributed by atoms with Gasteiger partial charge in [0, 0.05) is 50.2 Å². The number of nitrogens with one attached hydrogen (secondary N) is 1. The summed E-state index contributed by atoms with van der Waals surface area (Å²) in [5, 5.41) is 3.59. The zero-order valence-electron chi connectivity index (χ0n) is 13.3. The summed E-state index contributed by atoms with van der Waals surface area (Å²) in [7, 11) is 0. The molecule has 0 bridgehead atoms. The van der Waals surface area contributed by atoms with Gasteiger partial charge in [-0.1, -0.05) is 6.07 Å². The van der Waals surface area contributed by atoms with Crippen molar-refractivity contribution in [3.63, 3.8) is 0 Å². The van der Waals surface area contributed by atoms with Gasteiger partial charge in [-0.15, -0.1) is 0 Å². The lowest BCUT2D eigenvalue weighted by atomic mass is 10.00. The van der Waals surface area contributed by atoms with Crippen molar-refractivity contribution in [1.29, 1.82) is 0 Å². The summed E-state index contributed by atoms with van der Waals surface area (Å²) in [6, 6.07) is 6.28. The van der Waals surface area contributed by atoms with Crippen LogP contribution in [-0.4, -0.2) is 27.7 Å². The molecule has 0 amide bonds. The molecular formula is C17H24N4O. The van der Waals surface area contributed by atoms with Crippen LogP contribution in [0.2, 0.25) is 0 Å². The number of nitrogens with zero attached hydrogens (tertiary/aromatic N) is 3. The summed E-state index contributed by atoms with van der Waals surface area (Å²) in [5.41, 5.74) is 1.08. The lowest BCUT2D eigenvalue weighted by molar-refractivity contribution is 0.0798. The maximum absolute atomic E-state index is 5.95. The van der Waals surface area contributed by atoms with Crippen LogP contribution >= 0.6 is 0 Å². The van der Waals surface area contributed by atoms with E-state index < -0.39 is 0 Å². The zero-order chi connectivity index (χ0) is 15.4. The Morgan fingerprint density at radius 1 is 1.36 bits per heavy atom. The van der Waals surface area contributed by atoms with E-state index in [1.165, 1.54) is 0 Å². The minimum Gasteiger partial charge on any atom is -0.370 e. The Kier molecular flexibility index (Phi) is 4.85. The van der Waals surface area contributed by atoms with Gasteiger partial charge >= 0.3 is 0 Å². The normalized spacial score (nSPS) is 22.8. The molecule has 1 aliphatic rings. The molecule has 3 rings (SSSR count). The lowest BCUT2D eigenvalue weighted by Crippen LogP contribution is -2.28. The first-order chi connectivity index (χ1) is 10.8. The van der Waals surface area contributed by atoms with E-state index in [-0.39, 0.29) is 12.1 Å². The molecule has 1 unspecified atom stereocenters. The number of imidazole rings is 1. The smallest absolute Gasteiger partial charge is 0.138 e. The van der Waals surface area contributed by atoms with Crippen LogP contribution in [0.15, 0.2) is 36.8 Å². The van der Waals surface area contributed by atoms with E-state index in [9.17, 15) is 0 Å². The highest BCUT2D eigenvalue weighted by Crippen LogP contribution is 2.33. The molecule has 0 saturated carbocycles. The molecule has 3 atom stereocenters. The summed E-state index contributed by atoms with van der Waals surface area (Å²) in [6.07, 6.45) is 6.90. The fraction of sp³-hybridized carbons (Fsp3) is 0.529. The minimum absolute atomic E-state index is 0.0957. The van der Waals surface area contributed by atoms with Crippen molar-refractivity contribution in [3.8, 4) is 0 Å². The second-order valence-electron chi connectivity index (χ2n) is 5.80. The number of ether oxygens (including phenoxy) is 1. The summed E-state index contributed by atoms with van der Waals surface area (Å²) in [4.78, 5) is 8.91. The van der Waals surface area contributed by atoms with Gasteiger partial charge in [-0.2, -0.15) is 0 Å². The van der Waals surface area contributed by atoms with E-state index in [1.54, 1.807) is 0 Å². The third-order valence-corrected chi connectivity index (χ3v) is 4.37. The van der Waals surface area contributed by atoms with Gasteiger partial charge in [-0.3, -0.25) is 4.98 Å². The molecule has 3 heterocycles. The van der Waals surface area contributed by atoms with E-state index in [0.717, 1.165) is 37.6 Å². The van der Waals surface area contributed by atoms with Crippen LogP contribution < -0.4 is 5.32 Å². The molecule has 2 aromatic rings. The van der Waals surface area contributed by atoms with Gasteiger partial charge in [0.2, 0.25) is 0 Å². The number of hydrogen-bond acceptors (Lipinski definition) is 4. The Labute approximate surface area is 131 Å². The first-order valence-corrected chi connectivity index (χ1v) is 8.06. The number of pyridine rings is 1. The number of aromatic nitrogens is 3. The van der Waals surface area contributed by atoms with Crippen LogP contribution in [0.4, 0.5) is 0 Å². The lowest BCUT2D eigenvalue weighted by Gasteiger charge is -2.21. The predicted molar refractivity (Wildman–Crippen MR) is 85.4 cm³/mol. The fourth-order valence-corrected chi connectivity index (χ4v) is 3.04. The van der Waals surface area contributed by atoms with Crippen LogP contribution in [0, 0.1) is 5.92 Å². The van der Waals surface area contributed by atoms with Crippen molar-refractivity contribution in [3.05, 3.63) is 48.3 Å². The third-order valence-electron chi connectivity index (χ3n) is 4.37. The number of hydrogen-bond donors (Lipinski definition) is 1. The molecule has 5 heteroatoms. The van der Waals surface area contributed by atoms with Crippen molar-refractivity contribution in [2.45, 2.75) is 39.0 Å². The molecule has 1 N–H and O–H groups in total. The van der Waals surface area contributed by atoms with Crippen molar-refractivity contribution in [2.75, 3.05) is 13.2 Å². The quantitative estimate of drug-likeness (QED) is 0.891. The number of aryl methyl sites for hydroxylation is 1. The Hall–Kier alpha value is -1.72. The van der Waals surface area contributed by atoms with Crippen LogP contribution in [0.5, 0.6) is 0 Å². The Bertz CT molecular complexity index is 583. The molecule has 22 heavy (non-hydrogen) atoms. The molecule has 0 radical (unpaired) electrons. The summed E-state index contributed by atoms with van der Waals surface area (Å²) in [5.74, 6) is 1.51. The molecular weight excluding hydrogens is 276 g/mol. The van der Waals surface area contributed by atoms with Crippen molar-refractivity contribution in [1.82, 2.24) is 19.9 Å². The largest absolute Gasteiger partial charge is 0.370 e. The Balaban J connectivity index is 1.62. The van der Waals surface area contributed by atoms with Crippen LogP contribution in [0.3, 0.4) is 0 Å². The van der Waals surface area contributed by atoms with Crippen LogP contribution in [-0.2, 0) is 11.3 Å². The average Bonchev–Trinajstić information content (AvgIpc) is 3.21. The first-order valence-electron chi connectivity index (χ1n) is 8.06. The van der Waals surface area contributed by atoms with E-state index >= 15 is 0 Å². The summed E-state index contributed by atoms with van der Waals surface area (Å²) in [6.45, 7) is 6.95. The van der Waals surface area contributed by atoms with Crippen LogP contribution in [0.1, 0.15) is 43.9 Å². The minimum atomic E-state index is 0.0957. The maximum atomic E-state index is 5.95. The van der Waals surface area contributed by atoms with E-state index in [2.05, 4.69) is 39.8 Å². The highest BCUT2D eigenvalue weighted by molar-refractivity contribution is 5.08. The maximum Gasteiger partial charge on any atom is 0.138 e. The van der Waals surface area contributed by atoms with E-state index in [4.69, 9.17) is 4.74 Å². The summed E-state index contributed by atoms with van der Waals surface area (Å²) < 4.78 is 8.12. The monoisotopic (exact) mass is 300 g/mol. The van der Waals surface area contributed by atoms with Crippen LogP contribution in [0.25, 0.3) is 0 Å². The topological polar surface area (TPSA) is 52.0 Å². The molecule has 118 valence electrons. The highest BCUT2D eigenvalue weighted by atomic mass is 16.5. The van der Waals surface area contributed by atoms with Gasteiger partial charge in [0.1, 0.15) is 11.9 Å². The molecule has 1 saturated heterocycles. The van der Waals surface area contributed by atoms with Gasteiger partial charge in [0.05, 0.1) is 5.69 Å².